The standard InChI is InChI=1S/C23H17ClN2O4/c1-29-21-13-14(10-11-19(21)26-23(28)20-9-4-12-30-20)25-22(27)17-7-2-6-16-15(17)5-3-8-18(16)24/h2-13H,1H3,(H,25,27)(H,26,28). The first kappa shape index (κ1) is 19.5. The first-order valence-corrected chi connectivity index (χ1v) is 9.46. The zero-order valence-electron chi connectivity index (χ0n) is 15.9. The number of rotatable bonds is 5. The lowest BCUT2D eigenvalue weighted by Gasteiger charge is -2.13. The summed E-state index contributed by atoms with van der Waals surface area (Å²) >= 11 is 6.24. The zero-order chi connectivity index (χ0) is 21.1. The van der Waals surface area contributed by atoms with E-state index in [9.17, 15) is 9.59 Å². The number of amides is 2. The third-order valence-corrected chi connectivity index (χ3v) is 4.90. The summed E-state index contributed by atoms with van der Waals surface area (Å²) in [7, 11) is 1.48. The van der Waals surface area contributed by atoms with Gasteiger partial charge in [-0.2, -0.15) is 0 Å². The quantitative estimate of drug-likeness (QED) is 0.440. The molecule has 0 aliphatic rings. The summed E-state index contributed by atoms with van der Waals surface area (Å²) in [6, 6.07) is 19.0. The minimum atomic E-state index is -0.400. The third-order valence-electron chi connectivity index (χ3n) is 4.57. The Morgan fingerprint density at radius 3 is 2.47 bits per heavy atom. The maximum atomic E-state index is 12.9. The average Bonchev–Trinajstić information content (AvgIpc) is 3.30. The number of halogens is 1. The predicted octanol–water partition coefficient (Wildman–Crippen LogP) is 5.60. The highest BCUT2D eigenvalue weighted by molar-refractivity contribution is 6.36. The van der Waals surface area contributed by atoms with Crippen LogP contribution in [0, 0.1) is 0 Å². The molecule has 30 heavy (non-hydrogen) atoms. The van der Waals surface area contributed by atoms with E-state index in [2.05, 4.69) is 10.6 Å². The van der Waals surface area contributed by atoms with E-state index in [-0.39, 0.29) is 11.7 Å². The second-order valence-electron chi connectivity index (χ2n) is 6.44. The van der Waals surface area contributed by atoms with Crippen LogP contribution in [0.15, 0.2) is 77.4 Å². The van der Waals surface area contributed by atoms with E-state index >= 15 is 0 Å². The molecule has 2 N–H and O–H groups in total. The van der Waals surface area contributed by atoms with Gasteiger partial charge in [-0.1, -0.05) is 35.9 Å². The van der Waals surface area contributed by atoms with Crippen molar-refractivity contribution in [2.45, 2.75) is 0 Å². The summed E-state index contributed by atoms with van der Waals surface area (Å²) < 4.78 is 10.5. The topological polar surface area (TPSA) is 80.6 Å². The first-order chi connectivity index (χ1) is 14.6. The van der Waals surface area contributed by atoms with Crippen LogP contribution in [0.25, 0.3) is 10.8 Å². The van der Waals surface area contributed by atoms with Gasteiger partial charge >= 0.3 is 0 Å². The van der Waals surface area contributed by atoms with Crippen LogP contribution in [-0.2, 0) is 0 Å². The molecule has 150 valence electrons. The van der Waals surface area contributed by atoms with Crippen molar-refractivity contribution in [1.29, 1.82) is 0 Å². The maximum Gasteiger partial charge on any atom is 0.291 e. The van der Waals surface area contributed by atoms with Crippen molar-refractivity contribution in [2.24, 2.45) is 0 Å². The number of furan rings is 1. The number of hydrogen-bond donors (Lipinski definition) is 2. The molecule has 4 rings (SSSR count). The molecule has 0 unspecified atom stereocenters. The number of ether oxygens (including phenoxy) is 1. The van der Waals surface area contributed by atoms with E-state index in [0.717, 1.165) is 10.8 Å². The molecule has 7 heteroatoms. The number of anilines is 2. The van der Waals surface area contributed by atoms with E-state index in [0.29, 0.717) is 27.7 Å². The molecule has 4 aromatic rings. The number of methoxy groups -OCH3 is 1. The van der Waals surface area contributed by atoms with Crippen LogP contribution < -0.4 is 15.4 Å². The second-order valence-corrected chi connectivity index (χ2v) is 6.85. The Labute approximate surface area is 177 Å². The summed E-state index contributed by atoms with van der Waals surface area (Å²) in [6.45, 7) is 0. The second kappa shape index (κ2) is 8.31. The van der Waals surface area contributed by atoms with Gasteiger partial charge in [0.25, 0.3) is 11.8 Å². The van der Waals surface area contributed by atoms with E-state index in [1.54, 1.807) is 54.6 Å². The molecular formula is C23H17ClN2O4. The molecule has 1 heterocycles. The van der Waals surface area contributed by atoms with E-state index in [1.165, 1.54) is 13.4 Å². The molecule has 0 radical (unpaired) electrons. The molecule has 0 bridgehead atoms. The van der Waals surface area contributed by atoms with Gasteiger partial charge < -0.3 is 19.8 Å². The summed E-state index contributed by atoms with van der Waals surface area (Å²) in [5.74, 6) is -0.0993. The molecule has 0 spiro atoms. The van der Waals surface area contributed by atoms with Gasteiger partial charge in [-0.25, -0.2) is 0 Å². The van der Waals surface area contributed by atoms with Gasteiger partial charge in [-0.15, -0.1) is 0 Å². The lowest BCUT2D eigenvalue weighted by Crippen LogP contribution is -2.14. The van der Waals surface area contributed by atoms with Gasteiger partial charge in [0.2, 0.25) is 0 Å². The number of carbonyl (C=O) groups is 2. The van der Waals surface area contributed by atoms with Gasteiger partial charge in [0, 0.05) is 27.7 Å². The Bertz CT molecular complexity index is 1240. The lowest BCUT2D eigenvalue weighted by molar-refractivity contribution is 0.0994. The highest BCUT2D eigenvalue weighted by Gasteiger charge is 2.15. The van der Waals surface area contributed by atoms with E-state index in [4.69, 9.17) is 20.8 Å². The lowest BCUT2D eigenvalue weighted by atomic mass is 10.0. The smallest absolute Gasteiger partial charge is 0.291 e. The van der Waals surface area contributed by atoms with Crippen molar-refractivity contribution in [1.82, 2.24) is 0 Å². The fraction of sp³-hybridized carbons (Fsp3) is 0.0435. The molecule has 0 aliphatic carbocycles. The summed E-state index contributed by atoms with van der Waals surface area (Å²) in [4.78, 5) is 25.1. The van der Waals surface area contributed by atoms with Gasteiger partial charge in [0.1, 0.15) is 5.75 Å². The molecule has 6 nitrogen and oxygen atoms in total. The largest absolute Gasteiger partial charge is 0.494 e. The summed E-state index contributed by atoms with van der Waals surface area (Å²) in [5.41, 5.74) is 1.48. The van der Waals surface area contributed by atoms with Crippen molar-refractivity contribution < 1.29 is 18.7 Å². The Balaban J connectivity index is 1.57. The van der Waals surface area contributed by atoms with Crippen molar-refractivity contribution in [2.75, 3.05) is 17.7 Å². The highest BCUT2D eigenvalue weighted by atomic mass is 35.5. The number of carbonyl (C=O) groups excluding carboxylic acids is 2. The number of benzene rings is 3. The third kappa shape index (κ3) is 3.86. The number of fused-ring (bicyclic) bond motifs is 1. The van der Waals surface area contributed by atoms with Crippen molar-refractivity contribution >= 4 is 45.6 Å². The summed E-state index contributed by atoms with van der Waals surface area (Å²) in [6.07, 6.45) is 1.42. The van der Waals surface area contributed by atoms with E-state index in [1.807, 2.05) is 12.1 Å². The van der Waals surface area contributed by atoms with Crippen LogP contribution in [-0.4, -0.2) is 18.9 Å². The molecule has 0 fully saturated rings. The Kier molecular flexibility index (Phi) is 5.41. The van der Waals surface area contributed by atoms with Gasteiger partial charge in [0.15, 0.2) is 5.76 Å². The Hall–Kier alpha value is -3.77. The normalized spacial score (nSPS) is 10.6. The first-order valence-electron chi connectivity index (χ1n) is 9.08. The molecule has 3 aromatic carbocycles. The van der Waals surface area contributed by atoms with Gasteiger partial charge in [-0.3, -0.25) is 9.59 Å². The average molecular weight is 421 g/mol. The van der Waals surface area contributed by atoms with Crippen molar-refractivity contribution in [3.8, 4) is 5.75 Å². The highest BCUT2D eigenvalue weighted by Crippen LogP contribution is 2.30. The number of nitrogens with one attached hydrogen (secondary N) is 2. The molecule has 0 aliphatic heterocycles. The van der Waals surface area contributed by atoms with Crippen LogP contribution in [0.1, 0.15) is 20.9 Å². The van der Waals surface area contributed by atoms with Crippen molar-refractivity contribution in [3.63, 3.8) is 0 Å². The molecular weight excluding hydrogens is 404 g/mol. The van der Waals surface area contributed by atoms with Crippen molar-refractivity contribution in [3.05, 3.63) is 89.3 Å². The molecule has 2 amide bonds. The molecule has 0 atom stereocenters. The van der Waals surface area contributed by atoms with Crippen LogP contribution in [0.2, 0.25) is 5.02 Å². The Morgan fingerprint density at radius 1 is 0.900 bits per heavy atom. The maximum absolute atomic E-state index is 12.9. The van der Waals surface area contributed by atoms with Crippen LogP contribution in [0.4, 0.5) is 11.4 Å². The SMILES string of the molecule is COc1cc(NC(=O)c2cccc3c(Cl)cccc23)ccc1NC(=O)c1ccco1. The summed E-state index contributed by atoms with van der Waals surface area (Å²) in [5, 5.41) is 7.73. The molecule has 1 aromatic heterocycles. The zero-order valence-corrected chi connectivity index (χ0v) is 16.7. The fourth-order valence-electron chi connectivity index (χ4n) is 3.13. The van der Waals surface area contributed by atoms with E-state index < -0.39 is 5.91 Å². The van der Waals surface area contributed by atoms with Gasteiger partial charge in [0.05, 0.1) is 19.1 Å². The van der Waals surface area contributed by atoms with Crippen LogP contribution >= 0.6 is 11.6 Å². The number of hydrogen-bond acceptors (Lipinski definition) is 4. The minimum Gasteiger partial charge on any atom is -0.494 e. The fourth-order valence-corrected chi connectivity index (χ4v) is 3.37. The van der Waals surface area contributed by atoms with Crippen LogP contribution in [0.3, 0.4) is 0 Å². The Morgan fingerprint density at radius 2 is 1.70 bits per heavy atom. The minimum absolute atomic E-state index is 0.184. The molecule has 0 saturated carbocycles. The van der Waals surface area contributed by atoms with Crippen LogP contribution in [0.5, 0.6) is 5.75 Å². The monoisotopic (exact) mass is 420 g/mol. The predicted molar refractivity (Wildman–Crippen MR) is 117 cm³/mol. The van der Waals surface area contributed by atoms with Gasteiger partial charge in [-0.05, 0) is 41.8 Å². The molecule has 0 saturated heterocycles.